The summed E-state index contributed by atoms with van der Waals surface area (Å²) in [5.74, 6) is -0.106. The summed E-state index contributed by atoms with van der Waals surface area (Å²) in [5, 5.41) is 0. The van der Waals surface area contributed by atoms with Gasteiger partial charge in [-0.3, -0.25) is 0 Å². The fourth-order valence-electron chi connectivity index (χ4n) is 2.35. The lowest BCUT2D eigenvalue weighted by Gasteiger charge is -2.25. The van der Waals surface area contributed by atoms with Gasteiger partial charge in [0.25, 0.3) is 0 Å². The monoisotopic (exact) mass is 274 g/mol. The van der Waals surface area contributed by atoms with Crippen LogP contribution in [-0.4, -0.2) is 12.0 Å². The van der Waals surface area contributed by atoms with Crippen LogP contribution in [0.3, 0.4) is 0 Å². The summed E-state index contributed by atoms with van der Waals surface area (Å²) in [6.07, 6.45) is -3.59. The second kappa shape index (κ2) is 4.71. The molecule has 0 bridgehead atoms. The van der Waals surface area contributed by atoms with Gasteiger partial charge < -0.3 is 9.47 Å². The van der Waals surface area contributed by atoms with E-state index in [-0.39, 0.29) is 17.5 Å². The number of hydrogen-bond donors (Lipinski definition) is 0. The first-order chi connectivity index (χ1) is 8.66. The number of halogens is 3. The molecule has 0 aromatic heterocycles. The summed E-state index contributed by atoms with van der Waals surface area (Å²) in [4.78, 5) is 0. The molecule has 2 rings (SSSR count). The van der Waals surface area contributed by atoms with E-state index in [1.807, 2.05) is 26.8 Å². The topological polar surface area (TPSA) is 18.5 Å². The van der Waals surface area contributed by atoms with E-state index in [1.165, 1.54) is 6.07 Å². The maximum absolute atomic E-state index is 12.3. The van der Waals surface area contributed by atoms with E-state index >= 15 is 0 Å². The van der Waals surface area contributed by atoms with E-state index < -0.39 is 6.36 Å². The second-order valence-corrected chi connectivity index (χ2v) is 5.63. The predicted molar refractivity (Wildman–Crippen MR) is 65.0 cm³/mol. The van der Waals surface area contributed by atoms with Crippen LogP contribution in [0.1, 0.15) is 44.4 Å². The van der Waals surface area contributed by atoms with Gasteiger partial charge in [0, 0.05) is 5.56 Å². The molecule has 0 amide bonds. The van der Waals surface area contributed by atoms with E-state index in [1.54, 1.807) is 6.07 Å². The number of hydrogen-bond acceptors (Lipinski definition) is 2. The lowest BCUT2D eigenvalue weighted by molar-refractivity contribution is -0.274. The molecule has 0 unspecified atom stereocenters. The summed E-state index contributed by atoms with van der Waals surface area (Å²) in [6.45, 7) is 5.79. The van der Waals surface area contributed by atoms with Crippen molar-refractivity contribution in [1.29, 1.82) is 0 Å². The van der Waals surface area contributed by atoms with Gasteiger partial charge in [-0.05, 0) is 45.2 Å². The third-order valence-corrected chi connectivity index (χ3v) is 2.89. The van der Waals surface area contributed by atoms with Crippen LogP contribution in [0.5, 0.6) is 5.75 Å². The van der Waals surface area contributed by atoms with Crippen LogP contribution in [0.2, 0.25) is 0 Å². The summed E-state index contributed by atoms with van der Waals surface area (Å²) < 4.78 is 46.9. The van der Waals surface area contributed by atoms with Crippen LogP contribution in [0.15, 0.2) is 18.2 Å². The van der Waals surface area contributed by atoms with Crippen molar-refractivity contribution in [3.05, 3.63) is 29.3 Å². The van der Waals surface area contributed by atoms with Gasteiger partial charge in [0.05, 0.1) is 11.7 Å². The number of fused-ring (bicyclic) bond motifs is 1. The lowest BCUT2D eigenvalue weighted by Crippen LogP contribution is -2.21. The van der Waals surface area contributed by atoms with Crippen molar-refractivity contribution in [2.45, 2.75) is 51.7 Å². The lowest BCUT2D eigenvalue weighted by atomic mass is 10.1. The largest absolute Gasteiger partial charge is 0.573 e. The zero-order valence-corrected chi connectivity index (χ0v) is 11.2. The van der Waals surface area contributed by atoms with Crippen molar-refractivity contribution in [2.75, 3.05) is 0 Å². The van der Waals surface area contributed by atoms with Crippen LogP contribution in [0, 0.1) is 0 Å². The van der Waals surface area contributed by atoms with Crippen LogP contribution in [0.25, 0.3) is 0 Å². The molecule has 0 aliphatic heterocycles. The first kappa shape index (κ1) is 14.2. The average molecular weight is 274 g/mol. The number of alkyl halides is 3. The maximum Gasteiger partial charge on any atom is 0.573 e. The molecule has 1 atom stereocenters. The van der Waals surface area contributed by atoms with Gasteiger partial charge >= 0.3 is 6.36 Å². The molecule has 1 aliphatic rings. The quantitative estimate of drug-likeness (QED) is 0.796. The minimum atomic E-state index is -4.65. The smallest absolute Gasteiger partial charge is 0.405 e. The number of benzene rings is 1. The molecule has 0 spiro atoms. The third-order valence-electron chi connectivity index (χ3n) is 2.89. The molecule has 5 heteroatoms. The Morgan fingerprint density at radius 2 is 1.84 bits per heavy atom. The van der Waals surface area contributed by atoms with Gasteiger partial charge in [0.15, 0.2) is 0 Å². The highest BCUT2D eigenvalue weighted by Crippen LogP contribution is 2.42. The van der Waals surface area contributed by atoms with Crippen molar-refractivity contribution in [3.8, 4) is 5.75 Å². The van der Waals surface area contributed by atoms with E-state index in [0.717, 1.165) is 5.56 Å². The molecule has 1 aromatic rings. The van der Waals surface area contributed by atoms with Gasteiger partial charge in [-0.25, -0.2) is 0 Å². The third kappa shape index (κ3) is 3.62. The van der Waals surface area contributed by atoms with E-state index in [0.29, 0.717) is 18.4 Å². The van der Waals surface area contributed by atoms with E-state index in [9.17, 15) is 13.2 Å². The molecule has 19 heavy (non-hydrogen) atoms. The van der Waals surface area contributed by atoms with Crippen LogP contribution in [0.4, 0.5) is 13.2 Å². The first-order valence-corrected chi connectivity index (χ1v) is 6.21. The highest BCUT2D eigenvalue weighted by Gasteiger charge is 2.35. The van der Waals surface area contributed by atoms with Crippen molar-refractivity contribution in [3.63, 3.8) is 0 Å². The zero-order chi connectivity index (χ0) is 14.3. The second-order valence-electron chi connectivity index (χ2n) is 5.63. The van der Waals surface area contributed by atoms with E-state index in [4.69, 9.17) is 4.74 Å². The Morgan fingerprint density at radius 3 is 2.42 bits per heavy atom. The molecule has 0 fully saturated rings. The Morgan fingerprint density at radius 1 is 1.16 bits per heavy atom. The Balaban J connectivity index is 2.25. The van der Waals surface area contributed by atoms with Gasteiger partial charge in [0.2, 0.25) is 0 Å². The molecule has 0 heterocycles. The maximum atomic E-state index is 12.3. The standard InChI is InChI=1S/C14H17F3O2/c1-13(2,3)18-12-8-7-10-9(12)5-4-6-11(10)19-14(15,16)17/h4-6,12H,7-8H2,1-3H3/t12-/m1/s1. The highest BCUT2D eigenvalue weighted by atomic mass is 19.4. The Hall–Kier alpha value is -1.23. The fraction of sp³-hybridized carbons (Fsp3) is 0.571. The average Bonchev–Trinajstić information content (AvgIpc) is 2.58. The molecule has 1 aliphatic carbocycles. The van der Waals surface area contributed by atoms with Crippen molar-refractivity contribution in [2.24, 2.45) is 0 Å². The zero-order valence-electron chi connectivity index (χ0n) is 11.2. The van der Waals surface area contributed by atoms with Gasteiger partial charge in [-0.15, -0.1) is 13.2 Å². The van der Waals surface area contributed by atoms with Gasteiger partial charge in [0.1, 0.15) is 5.75 Å². The molecule has 0 saturated carbocycles. The first-order valence-electron chi connectivity index (χ1n) is 6.21. The Labute approximate surface area is 110 Å². The molecule has 0 radical (unpaired) electrons. The van der Waals surface area contributed by atoms with Crippen molar-refractivity contribution >= 4 is 0 Å². The Kier molecular flexibility index (Phi) is 3.51. The molecular formula is C14H17F3O2. The van der Waals surface area contributed by atoms with Crippen LogP contribution < -0.4 is 4.74 Å². The van der Waals surface area contributed by atoms with Crippen molar-refractivity contribution < 1.29 is 22.6 Å². The highest BCUT2D eigenvalue weighted by molar-refractivity contribution is 5.44. The minimum Gasteiger partial charge on any atom is -0.405 e. The Bertz CT molecular complexity index is 461. The predicted octanol–water partition coefficient (Wildman–Crippen LogP) is 4.39. The van der Waals surface area contributed by atoms with Crippen LogP contribution >= 0.6 is 0 Å². The minimum absolute atomic E-state index is 0.106. The summed E-state index contributed by atoms with van der Waals surface area (Å²) in [7, 11) is 0. The molecule has 2 nitrogen and oxygen atoms in total. The molecular weight excluding hydrogens is 257 g/mol. The SMILES string of the molecule is CC(C)(C)O[C@@H]1CCc2c(OC(F)(F)F)cccc21. The van der Waals surface area contributed by atoms with Crippen molar-refractivity contribution in [1.82, 2.24) is 0 Å². The van der Waals surface area contributed by atoms with E-state index in [2.05, 4.69) is 4.74 Å². The molecule has 0 saturated heterocycles. The number of ether oxygens (including phenoxy) is 2. The van der Waals surface area contributed by atoms with Crippen LogP contribution in [-0.2, 0) is 11.2 Å². The van der Waals surface area contributed by atoms with Gasteiger partial charge in [-0.2, -0.15) is 0 Å². The molecule has 0 N–H and O–H groups in total. The fourth-order valence-corrected chi connectivity index (χ4v) is 2.35. The molecule has 106 valence electrons. The molecule has 1 aromatic carbocycles. The normalized spacial score (nSPS) is 19.4. The number of rotatable bonds is 2. The van der Waals surface area contributed by atoms with Gasteiger partial charge in [-0.1, -0.05) is 12.1 Å². The summed E-state index contributed by atoms with van der Waals surface area (Å²) >= 11 is 0. The summed E-state index contributed by atoms with van der Waals surface area (Å²) in [6, 6.07) is 4.73. The summed E-state index contributed by atoms with van der Waals surface area (Å²) in [5.41, 5.74) is 1.08.